The molecule has 1 atom stereocenters. The Labute approximate surface area is 146 Å². The molecule has 0 aromatic heterocycles. The Morgan fingerprint density at radius 2 is 2.00 bits per heavy atom. The van der Waals surface area contributed by atoms with E-state index in [1.165, 1.54) is 18.7 Å². The van der Waals surface area contributed by atoms with Crippen LogP contribution in [0.3, 0.4) is 0 Å². The zero-order valence-corrected chi connectivity index (χ0v) is 14.5. The minimum atomic E-state index is -1.03. The molecule has 0 saturated heterocycles. The van der Waals surface area contributed by atoms with Gasteiger partial charge < -0.3 is 15.7 Å². The number of hydrogen-bond donors (Lipinski definition) is 3. The van der Waals surface area contributed by atoms with Gasteiger partial charge in [-0.3, -0.25) is 19.3 Å². The molecule has 1 unspecified atom stereocenters. The van der Waals surface area contributed by atoms with Crippen LogP contribution in [0.4, 0.5) is 0 Å². The van der Waals surface area contributed by atoms with Crippen LogP contribution in [0, 0.1) is 0 Å². The third-order valence-corrected chi connectivity index (χ3v) is 3.64. The van der Waals surface area contributed by atoms with Crippen molar-refractivity contribution >= 4 is 29.4 Å². The van der Waals surface area contributed by atoms with Crippen LogP contribution in [0.1, 0.15) is 19.4 Å². The zero-order valence-electron chi connectivity index (χ0n) is 13.7. The zero-order chi connectivity index (χ0) is 18.1. The highest BCUT2D eigenvalue weighted by Gasteiger charge is 2.22. The van der Waals surface area contributed by atoms with Crippen molar-refractivity contribution < 1.29 is 19.5 Å². The van der Waals surface area contributed by atoms with Crippen LogP contribution in [-0.4, -0.2) is 53.5 Å². The van der Waals surface area contributed by atoms with Gasteiger partial charge in [-0.05, 0) is 24.6 Å². The van der Waals surface area contributed by atoms with Crippen molar-refractivity contribution in [3.63, 3.8) is 0 Å². The largest absolute Gasteiger partial charge is 0.480 e. The Balaban J connectivity index is 2.55. The van der Waals surface area contributed by atoms with Gasteiger partial charge in [-0.15, -0.1) is 0 Å². The molecule has 3 N–H and O–H groups in total. The van der Waals surface area contributed by atoms with Gasteiger partial charge in [0.1, 0.15) is 6.04 Å². The number of nitrogens with one attached hydrogen (secondary N) is 2. The molecule has 1 aromatic carbocycles. The molecule has 0 spiro atoms. The first-order valence-corrected chi connectivity index (χ1v) is 7.90. The SMILES string of the molecule is CC(=O)NCCN(CC(=O)NCc1cccc(Cl)c1)C(C)C(=O)O. The molecule has 0 aliphatic carbocycles. The van der Waals surface area contributed by atoms with E-state index in [0.717, 1.165) is 5.56 Å². The smallest absolute Gasteiger partial charge is 0.320 e. The molecule has 0 bridgehead atoms. The highest BCUT2D eigenvalue weighted by molar-refractivity contribution is 6.30. The molecule has 0 radical (unpaired) electrons. The van der Waals surface area contributed by atoms with Crippen molar-refractivity contribution in [1.82, 2.24) is 15.5 Å². The molecule has 0 aliphatic heterocycles. The molecule has 132 valence electrons. The number of nitrogens with zero attached hydrogens (tertiary/aromatic N) is 1. The minimum Gasteiger partial charge on any atom is -0.480 e. The lowest BCUT2D eigenvalue weighted by Crippen LogP contribution is -2.47. The third-order valence-electron chi connectivity index (χ3n) is 3.40. The number of halogens is 1. The number of benzene rings is 1. The normalized spacial score (nSPS) is 11.8. The van der Waals surface area contributed by atoms with Crippen LogP contribution < -0.4 is 10.6 Å². The van der Waals surface area contributed by atoms with E-state index in [1.54, 1.807) is 18.2 Å². The molecule has 24 heavy (non-hydrogen) atoms. The van der Waals surface area contributed by atoms with E-state index in [2.05, 4.69) is 10.6 Å². The van der Waals surface area contributed by atoms with Gasteiger partial charge >= 0.3 is 5.97 Å². The number of hydrogen-bond acceptors (Lipinski definition) is 4. The summed E-state index contributed by atoms with van der Waals surface area (Å²) in [5.41, 5.74) is 0.854. The average Bonchev–Trinajstić information content (AvgIpc) is 2.51. The Bertz CT molecular complexity index is 594. The Morgan fingerprint density at radius 1 is 1.29 bits per heavy atom. The average molecular weight is 356 g/mol. The van der Waals surface area contributed by atoms with E-state index in [1.807, 2.05) is 6.07 Å². The number of carboxylic acids is 1. The van der Waals surface area contributed by atoms with E-state index < -0.39 is 12.0 Å². The lowest BCUT2D eigenvalue weighted by atomic mass is 10.2. The fraction of sp³-hybridized carbons (Fsp3) is 0.438. The van der Waals surface area contributed by atoms with E-state index in [0.29, 0.717) is 11.6 Å². The molecular weight excluding hydrogens is 334 g/mol. The van der Waals surface area contributed by atoms with E-state index in [4.69, 9.17) is 16.7 Å². The summed E-state index contributed by atoms with van der Waals surface area (Å²) in [6.45, 7) is 3.64. The summed E-state index contributed by atoms with van der Waals surface area (Å²) in [5.74, 6) is -1.53. The Kier molecular flexibility index (Phi) is 8.21. The van der Waals surface area contributed by atoms with E-state index >= 15 is 0 Å². The van der Waals surface area contributed by atoms with Crippen molar-refractivity contribution in [2.24, 2.45) is 0 Å². The summed E-state index contributed by atoms with van der Waals surface area (Å²) >= 11 is 5.88. The first-order chi connectivity index (χ1) is 11.3. The number of amides is 2. The Morgan fingerprint density at radius 3 is 2.58 bits per heavy atom. The predicted octanol–water partition coefficient (Wildman–Crippen LogP) is 0.867. The Hall–Kier alpha value is -2.12. The summed E-state index contributed by atoms with van der Waals surface area (Å²) in [7, 11) is 0. The predicted molar refractivity (Wildman–Crippen MR) is 90.7 cm³/mol. The van der Waals surface area contributed by atoms with Gasteiger partial charge in [0.05, 0.1) is 6.54 Å². The fourth-order valence-electron chi connectivity index (χ4n) is 2.03. The topological polar surface area (TPSA) is 98.7 Å². The summed E-state index contributed by atoms with van der Waals surface area (Å²) in [6.07, 6.45) is 0. The lowest BCUT2D eigenvalue weighted by molar-refractivity contribution is -0.143. The quantitative estimate of drug-likeness (QED) is 0.610. The molecule has 0 fully saturated rings. The molecule has 2 amide bonds. The molecule has 0 saturated carbocycles. The molecule has 8 heteroatoms. The number of carbonyl (C=O) groups excluding carboxylic acids is 2. The molecular formula is C16H22ClN3O4. The monoisotopic (exact) mass is 355 g/mol. The van der Waals surface area contributed by atoms with Crippen LogP contribution in [-0.2, 0) is 20.9 Å². The van der Waals surface area contributed by atoms with Gasteiger partial charge in [0, 0.05) is 31.6 Å². The summed E-state index contributed by atoms with van der Waals surface area (Å²) in [4.78, 5) is 35.6. The van der Waals surface area contributed by atoms with Gasteiger partial charge in [0.2, 0.25) is 11.8 Å². The maximum atomic E-state index is 12.1. The highest BCUT2D eigenvalue weighted by Crippen LogP contribution is 2.10. The first kappa shape index (κ1) is 19.9. The number of rotatable bonds is 9. The van der Waals surface area contributed by atoms with Crippen LogP contribution in [0.15, 0.2) is 24.3 Å². The fourth-order valence-corrected chi connectivity index (χ4v) is 2.24. The molecule has 1 aromatic rings. The number of carboxylic acid groups (broad SMARTS) is 1. The number of carbonyl (C=O) groups is 3. The van der Waals surface area contributed by atoms with Crippen molar-refractivity contribution in [2.75, 3.05) is 19.6 Å². The van der Waals surface area contributed by atoms with Crippen LogP contribution >= 0.6 is 11.6 Å². The minimum absolute atomic E-state index is 0.0758. The maximum Gasteiger partial charge on any atom is 0.320 e. The van der Waals surface area contributed by atoms with E-state index in [9.17, 15) is 14.4 Å². The van der Waals surface area contributed by atoms with Crippen molar-refractivity contribution in [2.45, 2.75) is 26.4 Å². The second-order valence-electron chi connectivity index (χ2n) is 5.37. The third kappa shape index (κ3) is 7.43. The van der Waals surface area contributed by atoms with Crippen LogP contribution in [0.5, 0.6) is 0 Å². The van der Waals surface area contributed by atoms with Gasteiger partial charge in [0.15, 0.2) is 0 Å². The van der Waals surface area contributed by atoms with Crippen molar-refractivity contribution in [3.05, 3.63) is 34.9 Å². The number of aliphatic carboxylic acids is 1. The van der Waals surface area contributed by atoms with Crippen LogP contribution in [0.2, 0.25) is 5.02 Å². The highest BCUT2D eigenvalue weighted by atomic mass is 35.5. The summed E-state index contributed by atoms with van der Waals surface area (Å²) in [6, 6.07) is 6.27. The summed E-state index contributed by atoms with van der Waals surface area (Å²) in [5, 5.41) is 15.0. The molecule has 7 nitrogen and oxygen atoms in total. The van der Waals surface area contributed by atoms with Crippen molar-refractivity contribution in [3.8, 4) is 0 Å². The van der Waals surface area contributed by atoms with Gasteiger partial charge in [0.25, 0.3) is 0 Å². The van der Waals surface area contributed by atoms with Gasteiger partial charge in [-0.1, -0.05) is 23.7 Å². The van der Waals surface area contributed by atoms with Crippen molar-refractivity contribution in [1.29, 1.82) is 0 Å². The lowest BCUT2D eigenvalue weighted by Gasteiger charge is -2.25. The molecule has 0 aliphatic rings. The van der Waals surface area contributed by atoms with E-state index in [-0.39, 0.29) is 31.4 Å². The second-order valence-corrected chi connectivity index (χ2v) is 5.81. The van der Waals surface area contributed by atoms with Gasteiger partial charge in [-0.2, -0.15) is 0 Å². The standard InChI is InChI=1S/C16H22ClN3O4/c1-11(16(23)24)20(7-6-18-12(2)21)10-15(22)19-9-13-4-3-5-14(17)8-13/h3-5,8,11H,6-7,9-10H2,1-2H3,(H,18,21)(H,19,22)(H,23,24). The molecule has 0 heterocycles. The summed E-state index contributed by atoms with van der Waals surface area (Å²) < 4.78 is 0. The first-order valence-electron chi connectivity index (χ1n) is 7.52. The van der Waals surface area contributed by atoms with Gasteiger partial charge in [-0.25, -0.2) is 0 Å². The second kappa shape index (κ2) is 9.89. The molecule has 1 rings (SSSR count). The van der Waals surface area contributed by atoms with Crippen LogP contribution in [0.25, 0.3) is 0 Å². The maximum absolute atomic E-state index is 12.1.